The lowest BCUT2D eigenvalue weighted by Crippen LogP contribution is -2.17. The van der Waals surface area contributed by atoms with Gasteiger partial charge < -0.3 is 9.47 Å². The average molecular weight is 238 g/mol. The maximum atomic E-state index is 13.1. The van der Waals surface area contributed by atoms with Crippen molar-refractivity contribution in [2.24, 2.45) is 0 Å². The van der Waals surface area contributed by atoms with Crippen LogP contribution in [0.3, 0.4) is 0 Å². The Morgan fingerprint density at radius 1 is 1.47 bits per heavy atom. The molecule has 92 valence electrons. The second kappa shape index (κ2) is 5.27. The highest BCUT2D eigenvalue weighted by molar-refractivity contribution is 5.75. The van der Waals surface area contributed by atoms with Gasteiger partial charge in [-0.05, 0) is 31.9 Å². The minimum atomic E-state index is -0.467. The van der Waals surface area contributed by atoms with Crippen LogP contribution in [0.2, 0.25) is 0 Å². The first-order chi connectivity index (χ1) is 8.17. The highest BCUT2D eigenvalue weighted by Crippen LogP contribution is 2.21. The SMILES string of the molecule is CC1CCC(COc2cc(F)cc(C=O)c2)O1. The minimum Gasteiger partial charge on any atom is -0.491 e. The predicted molar refractivity (Wildman–Crippen MR) is 60.9 cm³/mol. The van der Waals surface area contributed by atoms with E-state index in [0.717, 1.165) is 12.8 Å². The van der Waals surface area contributed by atoms with Gasteiger partial charge in [0.25, 0.3) is 0 Å². The van der Waals surface area contributed by atoms with Gasteiger partial charge in [-0.15, -0.1) is 0 Å². The second-order valence-corrected chi connectivity index (χ2v) is 4.30. The molecule has 3 nitrogen and oxygen atoms in total. The first kappa shape index (κ1) is 12.0. The Labute approximate surface area is 99.5 Å². The summed E-state index contributed by atoms with van der Waals surface area (Å²) in [5.74, 6) is -0.0967. The summed E-state index contributed by atoms with van der Waals surface area (Å²) in [6.45, 7) is 2.42. The number of aldehydes is 1. The minimum absolute atomic E-state index is 0.0629. The Kier molecular flexibility index (Phi) is 3.74. The maximum Gasteiger partial charge on any atom is 0.150 e. The fraction of sp³-hybridized carbons (Fsp3) is 0.462. The van der Waals surface area contributed by atoms with E-state index >= 15 is 0 Å². The summed E-state index contributed by atoms with van der Waals surface area (Å²) in [5, 5.41) is 0. The van der Waals surface area contributed by atoms with Crippen LogP contribution in [-0.4, -0.2) is 25.1 Å². The van der Waals surface area contributed by atoms with Crippen molar-refractivity contribution < 1.29 is 18.7 Å². The molecule has 0 radical (unpaired) electrons. The molecule has 0 aromatic heterocycles. The van der Waals surface area contributed by atoms with Gasteiger partial charge in [-0.25, -0.2) is 4.39 Å². The molecule has 1 aliphatic heterocycles. The van der Waals surface area contributed by atoms with Crippen molar-refractivity contribution in [2.45, 2.75) is 32.0 Å². The molecule has 0 N–H and O–H groups in total. The third-order valence-corrected chi connectivity index (χ3v) is 2.79. The molecule has 2 unspecified atom stereocenters. The van der Waals surface area contributed by atoms with E-state index in [1.165, 1.54) is 18.2 Å². The molecule has 0 aliphatic carbocycles. The topological polar surface area (TPSA) is 35.5 Å². The largest absolute Gasteiger partial charge is 0.491 e. The normalized spacial score (nSPS) is 23.6. The summed E-state index contributed by atoms with van der Waals surface area (Å²) in [4.78, 5) is 10.6. The van der Waals surface area contributed by atoms with Crippen LogP contribution in [0.1, 0.15) is 30.1 Å². The summed E-state index contributed by atoms with van der Waals surface area (Å²) in [7, 11) is 0. The zero-order chi connectivity index (χ0) is 12.3. The van der Waals surface area contributed by atoms with Crippen molar-refractivity contribution in [3.05, 3.63) is 29.6 Å². The quantitative estimate of drug-likeness (QED) is 0.756. The van der Waals surface area contributed by atoms with E-state index in [0.29, 0.717) is 18.6 Å². The molecular formula is C13H15FO3. The van der Waals surface area contributed by atoms with Crippen LogP contribution in [0.5, 0.6) is 5.75 Å². The van der Waals surface area contributed by atoms with Crippen LogP contribution in [0.15, 0.2) is 18.2 Å². The van der Waals surface area contributed by atoms with Crippen molar-refractivity contribution in [3.8, 4) is 5.75 Å². The van der Waals surface area contributed by atoms with Gasteiger partial charge in [-0.3, -0.25) is 4.79 Å². The van der Waals surface area contributed by atoms with E-state index in [4.69, 9.17) is 9.47 Å². The highest BCUT2D eigenvalue weighted by atomic mass is 19.1. The maximum absolute atomic E-state index is 13.1. The fourth-order valence-electron chi connectivity index (χ4n) is 1.93. The molecule has 1 saturated heterocycles. The lowest BCUT2D eigenvalue weighted by molar-refractivity contribution is 0.0264. The number of benzene rings is 1. The highest BCUT2D eigenvalue weighted by Gasteiger charge is 2.22. The van der Waals surface area contributed by atoms with Crippen LogP contribution < -0.4 is 4.74 Å². The van der Waals surface area contributed by atoms with Gasteiger partial charge in [0.15, 0.2) is 0 Å². The third-order valence-electron chi connectivity index (χ3n) is 2.79. The first-order valence-electron chi connectivity index (χ1n) is 5.71. The number of halogens is 1. The molecule has 1 aromatic rings. The third kappa shape index (κ3) is 3.27. The Balaban J connectivity index is 1.94. The number of carbonyl (C=O) groups excluding carboxylic acids is 1. The Bertz CT molecular complexity index is 406. The Morgan fingerprint density at radius 3 is 2.94 bits per heavy atom. The van der Waals surface area contributed by atoms with Gasteiger partial charge in [0, 0.05) is 11.6 Å². The van der Waals surface area contributed by atoms with Gasteiger partial charge in [0.05, 0.1) is 12.2 Å². The molecule has 0 amide bonds. The second-order valence-electron chi connectivity index (χ2n) is 4.30. The van der Waals surface area contributed by atoms with Crippen molar-refractivity contribution in [1.82, 2.24) is 0 Å². The van der Waals surface area contributed by atoms with Gasteiger partial charge in [-0.2, -0.15) is 0 Å². The smallest absolute Gasteiger partial charge is 0.150 e. The van der Waals surface area contributed by atoms with Crippen molar-refractivity contribution in [3.63, 3.8) is 0 Å². The van der Waals surface area contributed by atoms with E-state index < -0.39 is 5.82 Å². The molecule has 0 spiro atoms. The first-order valence-corrected chi connectivity index (χ1v) is 5.71. The van der Waals surface area contributed by atoms with Crippen molar-refractivity contribution >= 4 is 6.29 Å². The fourth-order valence-corrected chi connectivity index (χ4v) is 1.93. The number of carbonyl (C=O) groups is 1. The lowest BCUT2D eigenvalue weighted by Gasteiger charge is -2.13. The zero-order valence-corrected chi connectivity index (χ0v) is 9.69. The van der Waals surface area contributed by atoms with Crippen LogP contribution in [0.4, 0.5) is 4.39 Å². The molecule has 1 fully saturated rings. The summed E-state index contributed by atoms with van der Waals surface area (Å²) in [5.41, 5.74) is 0.278. The average Bonchev–Trinajstić information content (AvgIpc) is 2.72. The summed E-state index contributed by atoms with van der Waals surface area (Å²) in [6, 6.07) is 3.97. The summed E-state index contributed by atoms with van der Waals surface area (Å²) in [6.07, 6.45) is 2.91. The summed E-state index contributed by atoms with van der Waals surface area (Å²) < 4.78 is 24.1. The number of hydrogen-bond donors (Lipinski definition) is 0. The van der Waals surface area contributed by atoms with E-state index in [1.807, 2.05) is 6.92 Å². The van der Waals surface area contributed by atoms with Crippen LogP contribution in [0.25, 0.3) is 0 Å². The molecule has 0 bridgehead atoms. The predicted octanol–water partition coefficient (Wildman–Crippen LogP) is 2.58. The van der Waals surface area contributed by atoms with Crippen molar-refractivity contribution in [2.75, 3.05) is 6.61 Å². The summed E-state index contributed by atoms with van der Waals surface area (Å²) >= 11 is 0. The Morgan fingerprint density at radius 2 is 2.29 bits per heavy atom. The molecule has 4 heteroatoms. The van der Waals surface area contributed by atoms with Gasteiger partial charge >= 0.3 is 0 Å². The van der Waals surface area contributed by atoms with Gasteiger partial charge in [0.1, 0.15) is 24.5 Å². The Hall–Kier alpha value is -1.42. The van der Waals surface area contributed by atoms with Crippen LogP contribution >= 0.6 is 0 Å². The molecule has 1 heterocycles. The molecule has 1 aromatic carbocycles. The molecule has 0 saturated carbocycles. The monoisotopic (exact) mass is 238 g/mol. The van der Waals surface area contributed by atoms with E-state index in [9.17, 15) is 9.18 Å². The molecule has 2 rings (SSSR count). The standard InChI is InChI=1S/C13H15FO3/c1-9-2-3-12(17-9)8-16-13-5-10(7-15)4-11(14)6-13/h4-7,9,12H,2-3,8H2,1H3. The molecule has 1 aliphatic rings. The van der Waals surface area contributed by atoms with Gasteiger partial charge in [0.2, 0.25) is 0 Å². The van der Waals surface area contributed by atoms with E-state index in [-0.39, 0.29) is 17.8 Å². The lowest BCUT2D eigenvalue weighted by atomic mass is 10.2. The number of rotatable bonds is 4. The zero-order valence-electron chi connectivity index (χ0n) is 9.69. The molecular weight excluding hydrogens is 223 g/mol. The van der Waals surface area contributed by atoms with E-state index in [2.05, 4.69) is 0 Å². The van der Waals surface area contributed by atoms with Crippen molar-refractivity contribution in [1.29, 1.82) is 0 Å². The van der Waals surface area contributed by atoms with Crippen LogP contribution in [-0.2, 0) is 4.74 Å². The number of ether oxygens (including phenoxy) is 2. The molecule has 17 heavy (non-hydrogen) atoms. The van der Waals surface area contributed by atoms with Crippen LogP contribution in [0, 0.1) is 5.82 Å². The van der Waals surface area contributed by atoms with Gasteiger partial charge in [-0.1, -0.05) is 0 Å². The van der Waals surface area contributed by atoms with E-state index in [1.54, 1.807) is 0 Å². The number of hydrogen-bond acceptors (Lipinski definition) is 3. The molecule has 2 atom stereocenters.